The van der Waals surface area contributed by atoms with E-state index in [4.69, 9.17) is 11.6 Å². The number of halogens is 1. The molecular formula is C16H23ClN2O. The molecule has 0 bridgehead atoms. The van der Waals surface area contributed by atoms with Gasteiger partial charge in [-0.3, -0.25) is 4.79 Å². The Balaban J connectivity index is 2.20. The number of anilines is 1. The molecule has 1 aliphatic rings. The van der Waals surface area contributed by atoms with E-state index in [0.29, 0.717) is 10.6 Å². The lowest BCUT2D eigenvalue weighted by molar-refractivity contribution is 0.0762. The predicted octanol–water partition coefficient (Wildman–Crippen LogP) is 4.18. The van der Waals surface area contributed by atoms with E-state index in [-0.39, 0.29) is 5.91 Å². The van der Waals surface area contributed by atoms with E-state index in [0.717, 1.165) is 44.6 Å². The summed E-state index contributed by atoms with van der Waals surface area (Å²) in [6.45, 7) is 4.69. The van der Waals surface area contributed by atoms with Gasteiger partial charge in [-0.25, -0.2) is 0 Å². The van der Waals surface area contributed by atoms with Crippen molar-refractivity contribution in [2.45, 2.75) is 39.0 Å². The Labute approximate surface area is 126 Å². The molecule has 1 N–H and O–H groups in total. The van der Waals surface area contributed by atoms with Crippen molar-refractivity contribution in [3.8, 4) is 0 Å². The highest BCUT2D eigenvalue weighted by atomic mass is 35.5. The lowest BCUT2D eigenvalue weighted by Crippen LogP contribution is -2.32. The zero-order valence-electron chi connectivity index (χ0n) is 12.1. The van der Waals surface area contributed by atoms with Crippen LogP contribution in [-0.4, -0.2) is 30.4 Å². The van der Waals surface area contributed by atoms with Gasteiger partial charge in [0.25, 0.3) is 5.91 Å². The molecular weight excluding hydrogens is 272 g/mol. The summed E-state index contributed by atoms with van der Waals surface area (Å²) in [4.78, 5) is 14.7. The third-order valence-electron chi connectivity index (χ3n) is 3.67. The molecule has 20 heavy (non-hydrogen) atoms. The molecule has 0 radical (unpaired) electrons. The number of carbonyl (C=O) groups excluding carboxylic acids is 1. The Hall–Kier alpha value is -1.22. The number of hydrogen-bond acceptors (Lipinski definition) is 2. The van der Waals surface area contributed by atoms with Crippen molar-refractivity contribution in [2.24, 2.45) is 0 Å². The highest BCUT2D eigenvalue weighted by Crippen LogP contribution is 2.23. The standard InChI is InChI=1S/C16H23ClN2O/c1-2-9-18-15-8-7-13(17)12-14(15)16(20)19-10-5-3-4-6-11-19/h7-8,12,18H,2-6,9-11H2,1H3. The van der Waals surface area contributed by atoms with Gasteiger partial charge in [-0.1, -0.05) is 31.4 Å². The summed E-state index contributed by atoms with van der Waals surface area (Å²) < 4.78 is 0. The Morgan fingerprint density at radius 1 is 1.25 bits per heavy atom. The fourth-order valence-corrected chi connectivity index (χ4v) is 2.72. The molecule has 1 saturated heterocycles. The summed E-state index contributed by atoms with van der Waals surface area (Å²) in [5.74, 6) is 0.105. The van der Waals surface area contributed by atoms with E-state index < -0.39 is 0 Å². The molecule has 1 fully saturated rings. The smallest absolute Gasteiger partial charge is 0.256 e. The summed E-state index contributed by atoms with van der Waals surface area (Å²) >= 11 is 6.07. The molecule has 1 heterocycles. The van der Waals surface area contributed by atoms with Gasteiger partial charge in [0.2, 0.25) is 0 Å². The minimum atomic E-state index is 0.105. The minimum Gasteiger partial charge on any atom is -0.384 e. The highest BCUT2D eigenvalue weighted by Gasteiger charge is 2.20. The second-order valence-electron chi connectivity index (χ2n) is 5.32. The Morgan fingerprint density at radius 3 is 2.60 bits per heavy atom. The Bertz CT molecular complexity index is 454. The predicted molar refractivity (Wildman–Crippen MR) is 84.6 cm³/mol. The number of nitrogens with one attached hydrogen (secondary N) is 1. The molecule has 0 saturated carbocycles. The molecule has 1 aromatic rings. The SMILES string of the molecule is CCCNc1ccc(Cl)cc1C(=O)N1CCCCCC1. The van der Waals surface area contributed by atoms with Gasteiger partial charge in [0.15, 0.2) is 0 Å². The van der Waals surface area contributed by atoms with E-state index >= 15 is 0 Å². The lowest BCUT2D eigenvalue weighted by Gasteiger charge is -2.22. The van der Waals surface area contributed by atoms with E-state index in [9.17, 15) is 4.79 Å². The van der Waals surface area contributed by atoms with E-state index in [1.807, 2.05) is 17.0 Å². The minimum absolute atomic E-state index is 0.105. The molecule has 4 heteroatoms. The number of amides is 1. The highest BCUT2D eigenvalue weighted by molar-refractivity contribution is 6.31. The number of likely N-dealkylation sites (tertiary alicyclic amines) is 1. The largest absolute Gasteiger partial charge is 0.384 e. The van der Waals surface area contributed by atoms with Gasteiger partial charge in [-0.05, 0) is 37.5 Å². The van der Waals surface area contributed by atoms with E-state index in [1.54, 1.807) is 6.07 Å². The fourth-order valence-electron chi connectivity index (χ4n) is 2.55. The van der Waals surface area contributed by atoms with Crippen molar-refractivity contribution in [3.05, 3.63) is 28.8 Å². The quantitative estimate of drug-likeness (QED) is 0.903. The molecule has 2 rings (SSSR count). The van der Waals surface area contributed by atoms with Crippen molar-refractivity contribution in [1.29, 1.82) is 0 Å². The normalized spacial score (nSPS) is 15.8. The van der Waals surface area contributed by atoms with Crippen LogP contribution in [0.15, 0.2) is 18.2 Å². The summed E-state index contributed by atoms with van der Waals surface area (Å²) in [6.07, 6.45) is 5.68. The number of benzene rings is 1. The number of rotatable bonds is 4. The van der Waals surface area contributed by atoms with Crippen LogP contribution in [0.25, 0.3) is 0 Å². The van der Waals surface area contributed by atoms with Gasteiger partial charge in [0, 0.05) is 30.3 Å². The van der Waals surface area contributed by atoms with Crippen molar-refractivity contribution < 1.29 is 4.79 Å². The zero-order chi connectivity index (χ0) is 14.4. The van der Waals surface area contributed by atoms with Crippen LogP contribution in [0.2, 0.25) is 5.02 Å². The first-order chi connectivity index (χ1) is 9.72. The van der Waals surface area contributed by atoms with Crippen LogP contribution in [0, 0.1) is 0 Å². The molecule has 1 amide bonds. The molecule has 0 atom stereocenters. The van der Waals surface area contributed by atoms with Gasteiger partial charge >= 0.3 is 0 Å². The third kappa shape index (κ3) is 3.89. The molecule has 1 aliphatic heterocycles. The maximum absolute atomic E-state index is 12.7. The average Bonchev–Trinajstić information content (AvgIpc) is 2.74. The maximum Gasteiger partial charge on any atom is 0.256 e. The molecule has 0 spiro atoms. The first-order valence-corrected chi connectivity index (χ1v) is 7.93. The Morgan fingerprint density at radius 2 is 1.95 bits per heavy atom. The molecule has 110 valence electrons. The van der Waals surface area contributed by atoms with Gasteiger partial charge in [-0.15, -0.1) is 0 Å². The summed E-state index contributed by atoms with van der Waals surface area (Å²) in [7, 11) is 0. The summed E-state index contributed by atoms with van der Waals surface area (Å²) in [5.41, 5.74) is 1.60. The van der Waals surface area contributed by atoms with Crippen LogP contribution in [0.1, 0.15) is 49.4 Å². The first kappa shape index (κ1) is 15.2. The maximum atomic E-state index is 12.7. The number of nitrogens with zero attached hydrogens (tertiary/aromatic N) is 1. The van der Waals surface area contributed by atoms with E-state index in [1.165, 1.54) is 12.8 Å². The fraction of sp³-hybridized carbons (Fsp3) is 0.562. The van der Waals surface area contributed by atoms with E-state index in [2.05, 4.69) is 12.2 Å². The third-order valence-corrected chi connectivity index (χ3v) is 3.91. The first-order valence-electron chi connectivity index (χ1n) is 7.55. The molecule has 3 nitrogen and oxygen atoms in total. The van der Waals surface area contributed by atoms with Crippen LogP contribution < -0.4 is 5.32 Å². The van der Waals surface area contributed by atoms with Crippen LogP contribution in [0.3, 0.4) is 0 Å². The lowest BCUT2D eigenvalue weighted by atomic mass is 10.1. The van der Waals surface area contributed by atoms with Crippen LogP contribution in [0.4, 0.5) is 5.69 Å². The topological polar surface area (TPSA) is 32.3 Å². The zero-order valence-corrected chi connectivity index (χ0v) is 12.9. The van der Waals surface area contributed by atoms with Gasteiger partial charge < -0.3 is 10.2 Å². The molecule has 0 aromatic heterocycles. The summed E-state index contributed by atoms with van der Waals surface area (Å²) in [5, 5.41) is 3.94. The van der Waals surface area contributed by atoms with Gasteiger partial charge in [0.1, 0.15) is 0 Å². The average molecular weight is 295 g/mol. The molecule has 1 aromatic carbocycles. The molecule has 0 unspecified atom stereocenters. The van der Waals surface area contributed by atoms with Crippen molar-refractivity contribution in [2.75, 3.05) is 25.0 Å². The molecule has 0 aliphatic carbocycles. The van der Waals surface area contributed by atoms with Crippen LogP contribution >= 0.6 is 11.6 Å². The van der Waals surface area contributed by atoms with Crippen molar-refractivity contribution in [1.82, 2.24) is 4.90 Å². The second kappa shape index (κ2) is 7.53. The Kier molecular flexibility index (Phi) is 5.72. The van der Waals surface area contributed by atoms with Gasteiger partial charge in [0.05, 0.1) is 5.56 Å². The number of hydrogen-bond donors (Lipinski definition) is 1. The number of carbonyl (C=O) groups is 1. The second-order valence-corrected chi connectivity index (χ2v) is 5.76. The van der Waals surface area contributed by atoms with Crippen molar-refractivity contribution >= 4 is 23.2 Å². The van der Waals surface area contributed by atoms with Crippen LogP contribution in [-0.2, 0) is 0 Å². The monoisotopic (exact) mass is 294 g/mol. The van der Waals surface area contributed by atoms with Crippen LogP contribution in [0.5, 0.6) is 0 Å². The van der Waals surface area contributed by atoms with Crippen molar-refractivity contribution in [3.63, 3.8) is 0 Å². The summed E-state index contributed by atoms with van der Waals surface area (Å²) in [6, 6.07) is 5.52. The van der Waals surface area contributed by atoms with Gasteiger partial charge in [-0.2, -0.15) is 0 Å².